The third-order valence-corrected chi connectivity index (χ3v) is 3.98. The van der Waals surface area contributed by atoms with Gasteiger partial charge in [-0.15, -0.1) is 0 Å². The molecule has 1 aromatic rings. The molecule has 120 valence electrons. The van der Waals surface area contributed by atoms with Gasteiger partial charge in [0.2, 0.25) is 5.91 Å². The van der Waals surface area contributed by atoms with Gasteiger partial charge in [0.05, 0.1) is 26.7 Å². The van der Waals surface area contributed by atoms with E-state index in [4.69, 9.17) is 14.6 Å². The van der Waals surface area contributed by atoms with Crippen molar-refractivity contribution < 1.29 is 24.2 Å². The lowest BCUT2D eigenvalue weighted by Gasteiger charge is -2.27. The van der Waals surface area contributed by atoms with Gasteiger partial charge in [-0.1, -0.05) is 12.5 Å². The molecule has 1 aliphatic rings. The molecule has 1 unspecified atom stereocenters. The van der Waals surface area contributed by atoms with Gasteiger partial charge >= 0.3 is 5.97 Å². The summed E-state index contributed by atoms with van der Waals surface area (Å²) in [6.07, 6.45) is 2.63. The van der Waals surface area contributed by atoms with Gasteiger partial charge in [0.25, 0.3) is 0 Å². The van der Waals surface area contributed by atoms with Gasteiger partial charge in [-0.2, -0.15) is 0 Å². The van der Waals surface area contributed by atoms with Gasteiger partial charge in [-0.3, -0.25) is 9.59 Å². The zero-order valence-electron chi connectivity index (χ0n) is 12.8. The van der Waals surface area contributed by atoms with E-state index < -0.39 is 12.0 Å². The first-order chi connectivity index (χ1) is 10.5. The Balaban J connectivity index is 2.20. The maximum atomic E-state index is 12.1. The molecule has 6 nitrogen and oxygen atoms in total. The summed E-state index contributed by atoms with van der Waals surface area (Å²) < 4.78 is 10.4. The second kappa shape index (κ2) is 7.15. The standard InChI is InChI=1S/C16H21NO5/c1-21-13-7-6-11(8-14(13)22-2)12(9-15(18)19)17-16(20)10-4-3-5-10/h6-8,10,12H,3-5,9H2,1-2H3,(H,17,20)(H,18,19). The molecule has 0 saturated heterocycles. The molecule has 1 amide bonds. The van der Waals surface area contributed by atoms with E-state index in [1.807, 2.05) is 0 Å². The molecule has 6 heteroatoms. The smallest absolute Gasteiger partial charge is 0.305 e. The quantitative estimate of drug-likeness (QED) is 0.806. The van der Waals surface area contributed by atoms with E-state index in [1.165, 1.54) is 14.2 Å². The van der Waals surface area contributed by atoms with E-state index >= 15 is 0 Å². The van der Waals surface area contributed by atoms with Crippen LogP contribution >= 0.6 is 0 Å². The van der Waals surface area contributed by atoms with Crippen LogP contribution in [0.3, 0.4) is 0 Å². The van der Waals surface area contributed by atoms with Crippen molar-refractivity contribution in [1.82, 2.24) is 5.32 Å². The van der Waals surface area contributed by atoms with Crippen LogP contribution in [0.5, 0.6) is 11.5 Å². The van der Waals surface area contributed by atoms with Crippen LogP contribution in [0, 0.1) is 5.92 Å². The van der Waals surface area contributed by atoms with E-state index in [0.717, 1.165) is 19.3 Å². The lowest BCUT2D eigenvalue weighted by molar-refractivity contribution is -0.138. The lowest BCUT2D eigenvalue weighted by atomic mass is 9.84. The average molecular weight is 307 g/mol. The Morgan fingerprint density at radius 3 is 2.45 bits per heavy atom. The normalized spacial score (nSPS) is 15.5. The summed E-state index contributed by atoms with van der Waals surface area (Å²) in [6, 6.07) is 4.58. The van der Waals surface area contributed by atoms with Crippen LogP contribution in [0.25, 0.3) is 0 Å². The molecule has 1 aromatic carbocycles. The van der Waals surface area contributed by atoms with E-state index in [9.17, 15) is 9.59 Å². The van der Waals surface area contributed by atoms with Crippen molar-refractivity contribution in [3.05, 3.63) is 23.8 Å². The van der Waals surface area contributed by atoms with Crippen molar-refractivity contribution in [2.75, 3.05) is 14.2 Å². The molecule has 0 radical (unpaired) electrons. The van der Waals surface area contributed by atoms with Crippen LogP contribution < -0.4 is 14.8 Å². The third-order valence-electron chi connectivity index (χ3n) is 3.98. The van der Waals surface area contributed by atoms with Crippen LogP contribution in [-0.2, 0) is 9.59 Å². The van der Waals surface area contributed by atoms with E-state index in [0.29, 0.717) is 17.1 Å². The summed E-state index contributed by atoms with van der Waals surface area (Å²) in [7, 11) is 3.05. The lowest BCUT2D eigenvalue weighted by Crippen LogP contribution is -2.37. The van der Waals surface area contributed by atoms with Gasteiger partial charge in [-0.25, -0.2) is 0 Å². The number of carbonyl (C=O) groups excluding carboxylic acids is 1. The molecule has 1 aliphatic carbocycles. The zero-order chi connectivity index (χ0) is 16.1. The Morgan fingerprint density at radius 2 is 1.95 bits per heavy atom. The van der Waals surface area contributed by atoms with E-state index in [1.54, 1.807) is 18.2 Å². The molecular formula is C16H21NO5. The van der Waals surface area contributed by atoms with Crippen LogP contribution in [0.4, 0.5) is 0 Å². The third kappa shape index (κ3) is 3.69. The molecule has 1 atom stereocenters. The SMILES string of the molecule is COc1ccc(C(CC(=O)O)NC(=O)C2CCC2)cc1OC. The Labute approximate surface area is 129 Å². The van der Waals surface area contributed by atoms with Crippen molar-refractivity contribution in [2.45, 2.75) is 31.7 Å². The summed E-state index contributed by atoms with van der Waals surface area (Å²) >= 11 is 0. The first-order valence-electron chi connectivity index (χ1n) is 7.29. The highest BCUT2D eigenvalue weighted by molar-refractivity contribution is 5.80. The number of hydrogen-bond donors (Lipinski definition) is 2. The van der Waals surface area contributed by atoms with Crippen molar-refractivity contribution in [3.8, 4) is 11.5 Å². The van der Waals surface area contributed by atoms with Gasteiger partial charge in [0.1, 0.15) is 0 Å². The molecular weight excluding hydrogens is 286 g/mol. The fourth-order valence-electron chi connectivity index (χ4n) is 2.46. The summed E-state index contributed by atoms with van der Waals surface area (Å²) in [5.74, 6) is 0.0383. The van der Waals surface area contributed by atoms with Crippen LogP contribution in [0.1, 0.15) is 37.3 Å². The minimum atomic E-state index is -0.964. The number of amides is 1. The van der Waals surface area contributed by atoms with Crippen molar-refractivity contribution in [3.63, 3.8) is 0 Å². The van der Waals surface area contributed by atoms with Crippen LogP contribution in [-0.4, -0.2) is 31.2 Å². The number of nitrogens with one attached hydrogen (secondary N) is 1. The maximum absolute atomic E-state index is 12.1. The predicted octanol–water partition coefficient (Wildman–Crippen LogP) is 2.14. The minimum Gasteiger partial charge on any atom is -0.493 e. The molecule has 0 bridgehead atoms. The van der Waals surface area contributed by atoms with Gasteiger partial charge in [0, 0.05) is 5.92 Å². The number of benzene rings is 1. The highest BCUT2D eigenvalue weighted by Crippen LogP contribution is 2.32. The van der Waals surface area contributed by atoms with Crippen LogP contribution in [0.15, 0.2) is 18.2 Å². The highest BCUT2D eigenvalue weighted by atomic mass is 16.5. The largest absolute Gasteiger partial charge is 0.493 e. The average Bonchev–Trinajstić information content (AvgIpc) is 2.43. The van der Waals surface area contributed by atoms with Crippen LogP contribution in [0.2, 0.25) is 0 Å². The number of carbonyl (C=O) groups is 2. The van der Waals surface area contributed by atoms with Gasteiger partial charge in [-0.05, 0) is 30.5 Å². The number of aliphatic carboxylic acids is 1. The van der Waals surface area contributed by atoms with E-state index in [-0.39, 0.29) is 18.2 Å². The Bertz CT molecular complexity index is 553. The minimum absolute atomic E-state index is 0.0106. The topological polar surface area (TPSA) is 84.9 Å². The molecule has 2 N–H and O–H groups in total. The molecule has 22 heavy (non-hydrogen) atoms. The number of rotatable bonds is 7. The fraction of sp³-hybridized carbons (Fsp3) is 0.500. The Hall–Kier alpha value is -2.24. The van der Waals surface area contributed by atoms with Crippen molar-refractivity contribution in [2.24, 2.45) is 5.92 Å². The second-order valence-corrected chi connectivity index (χ2v) is 5.40. The summed E-state index contributed by atoms with van der Waals surface area (Å²) in [5, 5.41) is 11.9. The summed E-state index contributed by atoms with van der Waals surface area (Å²) in [5.41, 5.74) is 0.688. The molecule has 0 spiro atoms. The number of carboxylic acids is 1. The summed E-state index contributed by atoms with van der Waals surface area (Å²) in [4.78, 5) is 23.2. The molecule has 2 rings (SSSR count). The summed E-state index contributed by atoms with van der Waals surface area (Å²) in [6.45, 7) is 0. The predicted molar refractivity (Wildman–Crippen MR) is 80.0 cm³/mol. The number of methoxy groups -OCH3 is 2. The molecule has 0 aromatic heterocycles. The molecule has 1 fully saturated rings. The van der Waals surface area contributed by atoms with E-state index in [2.05, 4.69) is 5.32 Å². The first-order valence-corrected chi connectivity index (χ1v) is 7.29. The fourth-order valence-corrected chi connectivity index (χ4v) is 2.46. The van der Waals surface area contributed by atoms with Gasteiger partial charge < -0.3 is 19.9 Å². The Morgan fingerprint density at radius 1 is 1.27 bits per heavy atom. The first kappa shape index (κ1) is 16.1. The second-order valence-electron chi connectivity index (χ2n) is 5.40. The van der Waals surface area contributed by atoms with Crippen molar-refractivity contribution >= 4 is 11.9 Å². The van der Waals surface area contributed by atoms with Crippen molar-refractivity contribution in [1.29, 1.82) is 0 Å². The molecule has 1 saturated carbocycles. The monoisotopic (exact) mass is 307 g/mol. The zero-order valence-corrected chi connectivity index (χ0v) is 12.8. The number of ether oxygens (including phenoxy) is 2. The maximum Gasteiger partial charge on any atom is 0.305 e. The highest BCUT2D eigenvalue weighted by Gasteiger charge is 2.28. The molecule has 0 heterocycles. The number of hydrogen-bond acceptors (Lipinski definition) is 4. The number of carboxylic acid groups (broad SMARTS) is 1. The Kier molecular flexibility index (Phi) is 5.25. The van der Waals surface area contributed by atoms with Gasteiger partial charge in [0.15, 0.2) is 11.5 Å². The molecule has 0 aliphatic heterocycles.